The van der Waals surface area contributed by atoms with E-state index in [2.05, 4.69) is 5.32 Å². The van der Waals surface area contributed by atoms with Gasteiger partial charge >= 0.3 is 12.4 Å². The molecule has 1 heterocycles. The zero-order valence-corrected chi connectivity index (χ0v) is 18.2. The van der Waals surface area contributed by atoms with Crippen LogP contribution in [0.15, 0.2) is 78.9 Å². The molecule has 0 fully saturated rings. The number of hydrogen-bond donors (Lipinski definition) is 1. The van der Waals surface area contributed by atoms with Crippen molar-refractivity contribution in [2.45, 2.75) is 37.7 Å². The largest absolute Gasteiger partial charge is 0.417 e. The number of halogens is 6. The summed E-state index contributed by atoms with van der Waals surface area (Å²) in [7, 11) is 0. The number of alkyl halides is 6. The Bertz CT molecular complexity index is 1160. The van der Waals surface area contributed by atoms with Gasteiger partial charge in [-0.3, -0.25) is 0 Å². The van der Waals surface area contributed by atoms with Gasteiger partial charge in [-0.25, -0.2) is 0 Å². The normalized spacial score (nSPS) is 16.9. The molecule has 0 amide bonds. The monoisotopic (exact) mass is 475 g/mol. The van der Waals surface area contributed by atoms with Crippen LogP contribution in [0, 0.1) is 0 Å². The fraction of sp³-hybridized carbons (Fsp3) is 0.259. The van der Waals surface area contributed by atoms with Crippen molar-refractivity contribution in [3.63, 3.8) is 0 Å². The van der Waals surface area contributed by atoms with Crippen LogP contribution in [-0.2, 0) is 18.8 Å². The summed E-state index contributed by atoms with van der Waals surface area (Å²) in [6, 6.07) is 18.0. The third-order valence-corrected chi connectivity index (χ3v) is 6.06. The molecule has 3 aromatic rings. The van der Waals surface area contributed by atoms with Crippen molar-refractivity contribution in [3.8, 4) is 11.1 Å². The van der Waals surface area contributed by atoms with E-state index in [0.29, 0.717) is 30.5 Å². The number of benzene rings is 3. The summed E-state index contributed by atoms with van der Waals surface area (Å²) in [6.45, 7) is 0.573. The Hall–Kier alpha value is -3.06. The molecule has 0 saturated carbocycles. The maximum Gasteiger partial charge on any atom is 0.417 e. The third-order valence-electron chi connectivity index (χ3n) is 6.06. The van der Waals surface area contributed by atoms with Crippen LogP contribution in [0.3, 0.4) is 0 Å². The first-order chi connectivity index (χ1) is 16.1. The van der Waals surface area contributed by atoms with E-state index in [1.165, 1.54) is 24.3 Å². The highest BCUT2D eigenvalue weighted by Crippen LogP contribution is 2.37. The molecule has 0 radical (unpaired) electrons. The van der Waals surface area contributed by atoms with Gasteiger partial charge in [-0.05, 0) is 65.3 Å². The van der Waals surface area contributed by atoms with Crippen LogP contribution in [-0.4, -0.2) is 12.6 Å². The van der Waals surface area contributed by atoms with Gasteiger partial charge < -0.3 is 5.32 Å². The Balaban J connectivity index is 1.40. The van der Waals surface area contributed by atoms with Gasteiger partial charge in [0, 0.05) is 12.6 Å². The lowest BCUT2D eigenvalue weighted by molar-refractivity contribution is -0.138. The number of aryl methyl sites for hydroxylation is 1. The maximum atomic E-state index is 13.3. The van der Waals surface area contributed by atoms with E-state index in [9.17, 15) is 26.3 Å². The summed E-state index contributed by atoms with van der Waals surface area (Å²) in [6.07, 6.45) is -4.82. The standard InChI is InChI=1S/C27H23F6N/c28-26(29,30)22-5-3-4-20(16-22)21-14-15-34-23(17-21)13-10-18-8-11-19(12-9-18)24-6-1-2-7-25(24)27(31,32)33/h1-9,11-12,14,16,23,34H,10,13,15,17H2. The highest BCUT2D eigenvalue weighted by Gasteiger charge is 2.33. The first kappa shape index (κ1) is 24.1. The Morgan fingerprint density at radius 2 is 1.50 bits per heavy atom. The summed E-state index contributed by atoms with van der Waals surface area (Å²) < 4.78 is 79.1. The molecule has 0 spiro atoms. The van der Waals surface area contributed by atoms with Gasteiger partial charge in [-0.15, -0.1) is 0 Å². The number of rotatable bonds is 5. The zero-order valence-electron chi connectivity index (χ0n) is 18.2. The molecule has 1 atom stereocenters. The zero-order chi connectivity index (χ0) is 24.3. The first-order valence-corrected chi connectivity index (χ1v) is 11.0. The van der Waals surface area contributed by atoms with E-state index in [4.69, 9.17) is 0 Å². The van der Waals surface area contributed by atoms with Gasteiger partial charge in [0.25, 0.3) is 0 Å². The Morgan fingerprint density at radius 3 is 2.21 bits per heavy atom. The van der Waals surface area contributed by atoms with Crippen LogP contribution in [0.5, 0.6) is 0 Å². The lowest BCUT2D eigenvalue weighted by atomic mass is 9.91. The summed E-state index contributed by atoms with van der Waals surface area (Å²) in [5.74, 6) is 0. The minimum Gasteiger partial charge on any atom is -0.310 e. The minimum absolute atomic E-state index is 0.0974. The van der Waals surface area contributed by atoms with E-state index in [-0.39, 0.29) is 11.6 Å². The average molecular weight is 475 g/mol. The van der Waals surface area contributed by atoms with Crippen molar-refractivity contribution >= 4 is 5.57 Å². The van der Waals surface area contributed by atoms with Crippen molar-refractivity contribution in [2.24, 2.45) is 0 Å². The Morgan fingerprint density at radius 1 is 0.765 bits per heavy atom. The van der Waals surface area contributed by atoms with Crippen LogP contribution in [0.2, 0.25) is 0 Å². The van der Waals surface area contributed by atoms with Crippen molar-refractivity contribution in [3.05, 3.63) is 101 Å². The topological polar surface area (TPSA) is 12.0 Å². The Kier molecular flexibility index (Phi) is 6.84. The molecule has 1 unspecified atom stereocenters. The minimum atomic E-state index is -4.42. The van der Waals surface area contributed by atoms with Crippen molar-refractivity contribution in [1.82, 2.24) is 5.32 Å². The summed E-state index contributed by atoms with van der Waals surface area (Å²) in [4.78, 5) is 0. The molecular weight excluding hydrogens is 452 g/mol. The highest BCUT2D eigenvalue weighted by atomic mass is 19.4. The molecule has 0 aromatic heterocycles. The quantitative estimate of drug-likeness (QED) is 0.372. The van der Waals surface area contributed by atoms with Gasteiger partial charge in [-0.2, -0.15) is 26.3 Å². The van der Waals surface area contributed by atoms with E-state index in [1.807, 2.05) is 18.2 Å². The molecule has 34 heavy (non-hydrogen) atoms. The maximum absolute atomic E-state index is 13.3. The molecule has 1 nitrogen and oxygen atoms in total. The predicted octanol–water partition coefficient (Wildman–Crippen LogP) is 7.77. The molecule has 1 aliphatic rings. The average Bonchev–Trinajstić information content (AvgIpc) is 2.82. The third kappa shape index (κ3) is 5.70. The first-order valence-electron chi connectivity index (χ1n) is 11.0. The molecule has 0 saturated heterocycles. The van der Waals surface area contributed by atoms with Gasteiger partial charge in [0.2, 0.25) is 0 Å². The summed E-state index contributed by atoms with van der Waals surface area (Å²) in [5.41, 5.74) is 1.78. The second-order valence-corrected chi connectivity index (χ2v) is 8.40. The molecular formula is C27H23F6N. The smallest absolute Gasteiger partial charge is 0.310 e. The number of nitrogens with one attached hydrogen (secondary N) is 1. The second-order valence-electron chi connectivity index (χ2n) is 8.40. The molecule has 7 heteroatoms. The van der Waals surface area contributed by atoms with Crippen LogP contribution in [0.25, 0.3) is 16.7 Å². The molecule has 0 bridgehead atoms. The van der Waals surface area contributed by atoms with Crippen LogP contribution in [0.4, 0.5) is 26.3 Å². The van der Waals surface area contributed by atoms with Gasteiger partial charge in [-0.1, -0.05) is 60.7 Å². The SMILES string of the molecule is FC(F)(F)c1cccc(C2=CCNC(CCc3ccc(-c4ccccc4C(F)(F)F)cc3)C2)c1. The lowest BCUT2D eigenvalue weighted by Gasteiger charge is -2.25. The van der Waals surface area contributed by atoms with Crippen molar-refractivity contribution in [2.75, 3.05) is 6.54 Å². The molecule has 3 aromatic carbocycles. The number of hydrogen-bond acceptors (Lipinski definition) is 1. The molecule has 1 N–H and O–H groups in total. The van der Waals surface area contributed by atoms with Crippen molar-refractivity contribution < 1.29 is 26.3 Å². The summed E-state index contributed by atoms with van der Waals surface area (Å²) >= 11 is 0. The lowest BCUT2D eigenvalue weighted by Crippen LogP contribution is -2.33. The molecule has 0 aliphatic carbocycles. The summed E-state index contributed by atoms with van der Waals surface area (Å²) in [5, 5.41) is 3.37. The van der Waals surface area contributed by atoms with E-state index in [1.54, 1.807) is 24.3 Å². The van der Waals surface area contributed by atoms with Gasteiger partial charge in [0.05, 0.1) is 11.1 Å². The highest BCUT2D eigenvalue weighted by molar-refractivity contribution is 5.69. The van der Waals surface area contributed by atoms with E-state index < -0.39 is 23.5 Å². The molecule has 1 aliphatic heterocycles. The van der Waals surface area contributed by atoms with Crippen LogP contribution >= 0.6 is 0 Å². The van der Waals surface area contributed by atoms with E-state index >= 15 is 0 Å². The fourth-order valence-corrected chi connectivity index (χ4v) is 4.28. The molecule has 4 rings (SSSR count). The second kappa shape index (κ2) is 9.66. The predicted molar refractivity (Wildman–Crippen MR) is 121 cm³/mol. The van der Waals surface area contributed by atoms with E-state index in [0.717, 1.165) is 29.7 Å². The Labute approximate surface area is 194 Å². The van der Waals surface area contributed by atoms with Crippen molar-refractivity contribution in [1.29, 1.82) is 0 Å². The van der Waals surface area contributed by atoms with Gasteiger partial charge in [0.15, 0.2) is 0 Å². The van der Waals surface area contributed by atoms with Crippen LogP contribution in [0.1, 0.15) is 35.1 Å². The molecule has 178 valence electrons. The fourth-order valence-electron chi connectivity index (χ4n) is 4.28. The van der Waals surface area contributed by atoms with Gasteiger partial charge in [0.1, 0.15) is 0 Å². The van der Waals surface area contributed by atoms with Crippen LogP contribution < -0.4 is 5.32 Å².